The maximum absolute atomic E-state index is 13.2. The van der Waals surface area contributed by atoms with Crippen LogP contribution in [0, 0.1) is 18.7 Å². The van der Waals surface area contributed by atoms with E-state index in [1.165, 1.54) is 25.3 Å². The maximum atomic E-state index is 13.2. The zero-order valence-electron chi connectivity index (χ0n) is 12.9. The van der Waals surface area contributed by atoms with Gasteiger partial charge in [0.15, 0.2) is 0 Å². The van der Waals surface area contributed by atoms with Gasteiger partial charge in [0.25, 0.3) is 0 Å². The monoisotopic (exact) mass is 295 g/mol. The third-order valence-corrected chi connectivity index (χ3v) is 4.24. The second-order valence-electron chi connectivity index (χ2n) is 6.13. The number of benzene rings is 1. The number of hydrogen-bond donors (Lipinski definition) is 2. The summed E-state index contributed by atoms with van der Waals surface area (Å²) in [5.41, 5.74) is 1.42. The smallest absolute Gasteiger partial charge is 0.126 e. The van der Waals surface area contributed by atoms with Crippen molar-refractivity contribution < 1.29 is 14.2 Å². The lowest BCUT2D eigenvalue weighted by molar-refractivity contribution is -0.0424. The van der Waals surface area contributed by atoms with E-state index in [0.717, 1.165) is 12.1 Å². The van der Waals surface area contributed by atoms with Gasteiger partial charge in [0.1, 0.15) is 5.82 Å². The Balaban J connectivity index is 1.71. The highest BCUT2D eigenvalue weighted by Gasteiger charge is 2.22. The van der Waals surface area contributed by atoms with Crippen molar-refractivity contribution in [3.63, 3.8) is 0 Å². The number of aliphatic hydroxyl groups excluding tert-OH is 1. The molecular formula is C17H26FNO2. The molecule has 0 amide bonds. The van der Waals surface area contributed by atoms with Crippen molar-refractivity contribution in [1.29, 1.82) is 0 Å². The number of halogens is 1. The van der Waals surface area contributed by atoms with E-state index in [1.54, 1.807) is 19.1 Å². The van der Waals surface area contributed by atoms with Gasteiger partial charge >= 0.3 is 0 Å². The molecule has 4 heteroatoms. The van der Waals surface area contributed by atoms with E-state index in [0.29, 0.717) is 24.6 Å². The first-order valence-electron chi connectivity index (χ1n) is 7.86. The number of hydrogen-bond acceptors (Lipinski definition) is 3. The molecule has 0 saturated heterocycles. The fourth-order valence-corrected chi connectivity index (χ4v) is 2.81. The quantitative estimate of drug-likeness (QED) is 0.844. The number of aliphatic hydroxyl groups is 1. The van der Waals surface area contributed by atoms with E-state index >= 15 is 0 Å². The van der Waals surface area contributed by atoms with Crippen LogP contribution in [0.3, 0.4) is 0 Å². The van der Waals surface area contributed by atoms with Crippen LogP contribution in [0.15, 0.2) is 18.2 Å². The van der Waals surface area contributed by atoms with Gasteiger partial charge in [-0.15, -0.1) is 0 Å². The molecule has 118 valence electrons. The maximum Gasteiger partial charge on any atom is 0.126 e. The van der Waals surface area contributed by atoms with Gasteiger partial charge in [0.2, 0.25) is 0 Å². The summed E-state index contributed by atoms with van der Waals surface area (Å²) in [6.07, 6.45) is 4.55. The third-order valence-electron chi connectivity index (χ3n) is 4.24. The molecule has 0 aliphatic heterocycles. The van der Waals surface area contributed by atoms with Gasteiger partial charge in [-0.1, -0.05) is 19.8 Å². The summed E-state index contributed by atoms with van der Waals surface area (Å²) in [5.74, 6) is 0.370. The molecule has 1 aliphatic rings. The molecule has 2 N–H and O–H groups in total. The van der Waals surface area contributed by atoms with Crippen LogP contribution in [-0.2, 0) is 4.74 Å². The minimum Gasteiger partial charge on any atom is -0.389 e. The molecule has 1 aromatic rings. The highest BCUT2D eigenvalue weighted by Crippen LogP contribution is 2.26. The summed E-state index contributed by atoms with van der Waals surface area (Å²) < 4.78 is 19.0. The number of aryl methyl sites for hydroxylation is 1. The molecule has 3 atom stereocenters. The van der Waals surface area contributed by atoms with Crippen LogP contribution in [0.4, 0.5) is 10.1 Å². The molecule has 3 nitrogen and oxygen atoms in total. The van der Waals surface area contributed by atoms with E-state index < -0.39 is 6.10 Å². The molecule has 0 bridgehead atoms. The number of ether oxygens (including phenoxy) is 1. The Morgan fingerprint density at radius 3 is 2.86 bits per heavy atom. The molecule has 21 heavy (non-hydrogen) atoms. The minimum absolute atomic E-state index is 0.212. The molecule has 0 heterocycles. The van der Waals surface area contributed by atoms with Crippen LogP contribution >= 0.6 is 0 Å². The second-order valence-corrected chi connectivity index (χ2v) is 6.13. The van der Waals surface area contributed by atoms with Crippen molar-refractivity contribution in [1.82, 2.24) is 0 Å². The van der Waals surface area contributed by atoms with Crippen LogP contribution in [0.1, 0.15) is 38.2 Å². The number of anilines is 1. The van der Waals surface area contributed by atoms with Crippen molar-refractivity contribution in [3.8, 4) is 0 Å². The fourth-order valence-electron chi connectivity index (χ4n) is 2.81. The Morgan fingerprint density at radius 2 is 2.14 bits per heavy atom. The van der Waals surface area contributed by atoms with Gasteiger partial charge in [-0.3, -0.25) is 0 Å². The van der Waals surface area contributed by atoms with Crippen LogP contribution < -0.4 is 5.32 Å². The van der Waals surface area contributed by atoms with Gasteiger partial charge in [-0.2, -0.15) is 0 Å². The van der Waals surface area contributed by atoms with Gasteiger partial charge in [0.05, 0.1) is 18.8 Å². The summed E-state index contributed by atoms with van der Waals surface area (Å²) in [6, 6.07) is 4.86. The minimum atomic E-state index is -0.551. The SMILES string of the molecule is Cc1cc(NCC(O)COC2CCCCC2C)ccc1F. The predicted molar refractivity (Wildman–Crippen MR) is 83.0 cm³/mol. The fraction of sp³-hybridized carbons (Fsp3) is 0.647. The van der Waals surface area contributed by atoms with Crippen LogP contribution in [0.25, 0.3) is 0 Å². The van der Waals surface area contributed by atoms with Crippen molar-refractivity contribution in [2.75, 3.05) is 18.5 Å². The van der Waals surface area contributed by atoms with E-state index in [9.17, 15) is 9.50 Å². The lowest BCUT2D eigenvalue weighted by atomic mass is 9.88. The summed E-state index contributed by atoms with van der Waals surface area (Å²) in [6.45, 7) is 4.70. The molecule has 0 radical (unpaired) electrons. The Hall–Kier alpha value is -1.13. The first kappa shape index (κ1) is 16.2. The lowest BCUT2D eigenvalue weighted by Gasteiger charge is -2.29. The highest BCUT2D eigenvalue weighted by molar-refractivity contribution is 5.45. The average molecular weight is 295 g/mol. The standard InChI is InChI=1S/C17H26FNO2/c1-12-5-3-4-6-17(12)21-11-15(20)10-19-14-7-8-16(18)13(2)9-14/h7-9,12,15,17,19-20H,3-6,10-11H2,1-2H3. The molecule has 1 saturated carbocycles. The van der Waals surface area contributed by atoms with Crippen LogP contribution in [0.5, 0.6) is 0 Å². The van der Waals surface area contributed by atoms with E-state index in [1.807, 2.05) is 0 Å². The second kappa shape index (κ2) is 7.76. The van der Waals surface area contributed by atoms with Gasteiger partial charge in [0, 0.05) is 12.2 Å². The summed E-state index contributed by atoms with van der Waals surface area (Å²) >= 11 is 0. The van der Waals surface area contributed by atoms with E-state index in [4.69, 9.17) is 4.74 Å². The Morgan fingerprint density at radius 1 is 1.38 bits per heavy atom. The summed E-state index contributed by atoms with van der Waals surface area (Å²) in [5, 5.41) is 13.1. The lowest BCUT2D eigenvalue weighted by Crippen LogP contribution is -2.32. The number of nitrogens with one attached hydrogen (secondary N) is 1. The molecule has 1 aromatic carbocycles. The first-order valence-corrected chi connectivity index (χ1v) is 7.86. The summed E-state index contributed by atoms with van der Waals surface area (Å²) in [4.78, 5) is 0. The molecule has 1 fully saturated rings. The van der Waals surface area contributed by atoms with Gasteiger partial charge < -0.3 is 15.2 Å². The first-order chi connectivity index (χ1) is 10.1. The Kier molecular flexibility index (Phi) is 6.00. The zero-order valence-corrected chi connectivity index (χ0v) is 12.9. The van der Waals surface area contributed by atoms with Gasteiger partial charge in [-0.05, 0) is 49.4 Å². The molecule has 2 rings (SSSR count). The van der Waals surface area contributed by atoms with E-state index in [-0.39, 0.29) is 11.9 Å². The number of rotatable bonds is 6. The largest absolute Gasteiger partial charge is 0.389 e. The van der Waals surface area contributed by atoms with Crippen molar-refractivity contribution in [2.24, 2.45) is 5.92 Å². The topological polar surface area (TPSA) is 41.5 Å². The van der Waals surface area contributed by atoms with Crippen LogP contribution in [-0.4, -0.2) is 30.5 Å². The highest BCUT2D eigenvalue weighted by atomic mass is 19.1. The Bertz CT molecular complexity index is 452. The molecule has 0 spiro atoms. The van der Waals surface area contributed by atoms with Crippen molar-refractivity contribution in [2.45, 2.75) is 51.7 Å². The van der Waals surface area contributed by atoms with Crippen molar-refractivity contribution in [3.05, 3.63) is 29.6 Å². The van der Waals surface area contributed by atoms with Gasteiger partial charge in [-0.25, -0.2) is 4.39 Å². The molecular weight excluding hydrogens is 269 g/mol. The van der Waals surface area contributed by atoms with E-state index in [2.05, 4.69) is 12.2 Å². The Labute approximate surface area is 126 Å². The third kappa shape index (κ3) is 4.97. The predicted octanol–water partition coefficient (Wildman–Crippen LogP) is 3.50. The normalized spacial score (nSPS) is 23.8. The summed E-state index contributed by atoms with van der Waals surface area (Å²) in [7, 11) is 0. The van der Waals surface area contributed by atoms with Crippen LogP contribution in [0.2, 0.25) is 0 Å². The molecule has 1 aliphatic carbocycles. The average Bonchev–Trinajstić information content (AvgIpc) is 2.47. The molecule has 0 aromatic heterocycles. The zero-order chi connectivity index (χ0) is 15.2. The molecule has 3 unspecified atom stereocenters. The van der Waals surface area contributed by atoms with Crippen molar-refractivity contribution >= 4 is 5.69 Å².